The smallest absolute Gasteiger partial charge is 0.138 e. The van der Waals surface area contributed by atoms with Crippen LogP contribution in [0.2, 0.25) is 0 Å². The molecule has 1 fully saturated rings. The predicted octanol–water partition coefficient (Wildman–Crippen LogP) is 4.39. The molecule has 0 amide bonds. The van der Waals surface area contributed by atoms with Crippen LogP contribution >= 0.6 is 0 Å². The largest absolute Gasteiger partial charge is 0.388 e. The number of likely N-dealkylation sites (N-methyl/N-ethyl adjacent to an activating group) is 1. The summed E-state index contributed by atoms with van der Waals surface area (Å²) >= 11 is 0. The molecule has 0 radical (unpaired) electrons. The number of H-pyrrole nitrogens is 1. The maximum Gasteiger partial charge on any atom is 0.138 e. The number of benzene rings is 1. The second-order valence-electron chi connectivity index (χ2n) is 8.25. The number of aromatic nitrogens is 3. The number of pyridine rings is 2. The fourth-order valence-corrected chi connectivity index (χ4v) is 4.34. The second-order valence-corrected chi connectivity index (χ2v) is 8.25. The Morgan fingerprint density at radius 2 is 1.77 bits per heavy atom. The Hall–Kier alpha value is -3.38. The Labute approximate surface area is 182 Å². The molecule has 4 heterocycles. The highest BCUT2D eigenvalue weighted by Gasteiger charge is 2.18. The minimum Gasteiger partial charge on any atom is -0.388 e. The number of nitrogens with one attached hydrogen (secondary N) is 2. The first-order valence-corrected chi connectivity index (χ1v) is 10.8. The van der Waals surface area contributed by atoms with Crippen molar-refractivity contribution >= 4 is 22.5 Å². The molecule has 31 heavy (non-hydrogen) atoms. The zero-order valence-electron chi connectivity index (χ0n) is 18.3. The first-order valence-electron chi connectivity index (χ1n) is 10.8. The monoisotopic (exact) mass is 412 g/mol. The number of hydrogen-bond donors (Lipinski definition) is 2. The zero-order valence-corrected chi connectivity index (χ0v) is 18.3. The van der Waals surface area contributed by atoms with Crippen LogP contribution in [0.5, 0.6) is 0 Å². The van der Waals surface area contributed by atoms with Gasteiger partial charge in [0.15, 0.2) is 0 Å². The fraction of sp³-hybridized carbons (Fsp3) is 0.280. The van der Waals surface area contributed by atoms with Gasteiger partial charge in [0.2, 0.25) is 0 Å². The average Bonchev–Trinajstić information content (AvgIpc) is 3.20. The molecule has 0 atom stereocenters. The maximum atomic E-state index is 4.81. The lowest BCUT2D eigenvalue weighted by atomic mass is 9.98. The van der Waals surface area contributed by atoms with Crippen LogP contribution in [0, 0.1) is 6.92 Å². The molecule has 3 aromatic heterocycles. The Balaban J connectivity index is 1.58. The second kappa shape index (κ2) is 8.04. The minimum atomic E-state index is 0.891. The van der Waals surface area contributed by atoms with Crippen molar-refractivity contribution in [3.05, 3.63) is 60.4 Å². The van der Waals surface area contributed by atoms with E-state index in [1.165, 1.54) is 5.56 Å². The van der Waals surface area contributed by atoms with Gasteiger partial charge < -0.3 is 20.1 Å². The van der Waals surface area contributed by atoms with Crippen LogP contribution in [-0.2, 0) is 0 Å². The number of rotatable bonds is 4. The lowest BCUT2D eigenvalue weighted by Gasteiger charge is -2.33. The summed E-state index contributed by atoms with van der Waals surface area (Å²) in [5, 5.41) is 4.42. The molecule has 0 unspecified atom stereocenters. The molecule has 0 bridgehead atoms. The quantitative estimate of drug-likeness (QED) is 0.520. The first kappa shape index (κ1) is 19.6. The summed E-state index contributed by atoms with van der Waals surface area (Å²) in [6.45, 7) is 6.29. The van der Waals surface area contributed by atoms with E-state index in [1.807, 2.05) is 25.5 Å². The Morgan fingerprint density at radius 1 is 0.968 bits per heavy atom. The van der Waals surface area contributed by atoms with E-state index in [9.17, 15) is 0 Å². The summed E-state index contributed by atoms with van der Waals surface area (Å²) in [6, 6.07) is 15.0. The van der Waals surface area contributed by atoms with Crippen LogP contribution in [0.25, 0.3) is 33.4 Å². The lowest BCUT2D eigenvalue weighted by molar-refractivity contribution is 0.312. The van der Waals surface area contributed by atoms with Crippen molar-refractivity contribution in [2.24, 2.45) is 0 Å². The van der Waals surface area contributed by atoms with Crippen LogP contribution < -0.4 is 10.2 Å². The Bertz CT molecular complexity index is 1200. The normalized spacial score (nSPS) is 14.9. The molecule has 0 saturated carbocycles. The summed E-state index contributed by atoms with van der Waals surface area (Å²) in [5.41, 5.74) is 7.69. The molecule has 1 aromatic carbocycles. The standard InChI is InChI=1S/C25H28N6/c1-17-6-7-18(15-21(17)26-2)23-20-5-4-10-27-25(20)29-24(23)19-8-9-22(28-16-19)31-13-11-30(3)12-14-31/h4-10,15-16,26H,11-14H2,1-3H3,(H,27,29). The van der Waals surface area contributed by atoms with Crippen molar-refractivity contribution in [2.45, 2.75) is 6.92 Å². The van der Waals surface area contributed by atoms with Gasteiger partial charge in [0.1, 0.15) is 11.5 Å². The third kappa shape index (κ3) is 3.64. The van der Waals surface area contributed by atoms with Crippen LogP contribution in [-0.4, -0.2) is 60.1 Å². The van der Waals surface area contributed by atoms with Gasteiger partial charge >= 0.3 is 0 Å². The molecule has 1 aliphatic heterocycles. The molecule has 1 saturated heterocycles. The number of piperazine rings is 1. The minimum absolute atomic E-state index is 0.891. The molecule has 6 nitrogen and oxygen atoms in total. The third-order valence-corrected chi connectivity index (χ3v) is 6.23. The molecular weight excluding hydrogens is 384 g/mol. The van der Waals surface area contributed by atoms with E-state index < -0.39 is 0 Å². The molecule has 0 spiro atoms. The van der Waals surface area contributed by atoms with Gasteiger partial charge in [-0.3, -0.25) is 0 Å². The van der Waals surface area contributed by atoms with Gasteiger partial charge in [-0.25, -0.2) is 9.97 Å². The van der Waals surface area contributed by atoms with Gasteiger partial charge in [-0.2, -0.15) is 0 Å². The highest BCUT2D eigenvalue weighted by atomic mass is 15.3. The molecular formula is C25H28N6. The number of nitrogens with zero attached hydrogens (tertiary/aromatic N) is 4. The highest BCUT2D eigenvalue weighted by molar-refractivity contribution is 6.02. The van der Waals surface area contributed by atoms with Gasteiger partial charge in [0, 0.05) is 67.8 Å². The average molecular weight is 413 g/mol. The predicted molar refractivity (Wildman–Crippen MR) is 129 cm³/mol. The van der Waals surface area contributed by atoms with E-state index in [-0.39, 0.29) is 0 Å². The molecule has 6 heteroatoms. The lowest BCUT2D eigenvalue weighted by Crippen LogP contribution is -2.44. The van der Waals surface area contributed by atoms with E-state index in [0.29, 0.717) is 0 Å². The Kier molecular flexibility index (Phi) is 5.08. The van der Waals surface area contributed by atoms with Crippen molar-refractivity contribution in [1.82, 2.24) is 19.9 Å². The molecule has 4 aromatic rings. The highest BCUT2D eigenvalue weighted by Crippen LogP contribution is 2.39. The Morgan fingerprint density at radius 3 is 2.52 bits per heavy atom. The SMILES string of the molecule is CNc1cc(-c2c(-c3ccc(N4CCN(C)CC4)nc3)[nH]c3ncccc23)ccc1C. The van der Waals surface area contributed by atoms with E-state index in [1.54, 1.807) is 0 Å². The molecule has 2 N–H and O–H groups in total. The van der Waals surface area contributed by atoms with Crippen molar-refractivity contribution in [3.8, 4) is 22.4 Å². The van der Waals surface area contributed by atoms with Crippen molar-refractivity contribution < 1.29 is 0 Å². The van der Waals surface area contributed by atoms with Crippen molar-refractivity contribution in [2.75, 3.05) is 50.5 Å². The van der Waals surface area contributed by atoms with Gasteiger partial charge in [0.25, 0.3) is 0 Å². The van der Waals surface area contributed by atoms with Gasteiger partial charge in [-0.15, -0.1) is 0 Å². The number of anilines is 2. The van der Waals surface area contributed by atoms with Crippen molar-refractivity contribution in [3.63, 3.8) is 0 Å². The van der Waals surface area contributed by atoms with Gasteiger partial charge in [-0.1, -0.05) is 12.1 Å². The first-order chi connectivity index (χ1) is 15.1. The van der Waals surface area contributed by atoms with Crippen LogP contribution in [0.1, 0.15) is 5.56 Å². The number of fused-ring (bicyclic) bond motifs is 1. The molecule has 158 valence electrons. The number of aromatic amines is 1. The number of aryl methyl sites for hydroxylation is 1. The molecule has 0 aliphatic carbocycles. The zero-order chi connectivity index (χ0) is 21.4. The van der Waals surface area contributed by atoms with E-state index >= 15 is 0 Å². The van der Waals surface area contributed by atoms with Gasteiger partial charge in [0.05, 0.1) is 5.69 Å². The summed E-state index contributed by atoms with van der Waals surface area (Å²) in [6.07, 6.45) is 3.81. The fourth-order valence-electron chi connectivity index (χ4n) is 4.34. The summed E-state index contributed by atoms with van der Waals surface area (Å²) in [4.78, 5) is 17.6. The summed E-state index contributed by atoms with van der Waals surface area (Å²) < 4.78 is 0. The van der Waals surface area contributed by atoms with Crippen LogP contribution in [0.4, 0.5) is 11.5 Å². The van der Waals surface area contributed by atoms with Gasteiger partial charge in [-0.05, 0) is 55.4 Å². The summed E-state index contributed by atoms with van der Waals surface area (Å²) in [5.74, 6) is 1.04. The maximum absolute atomic E-state index is 4.81. The number of hydrogen-bond acceptors (Lipinski definition) is 5. The summed E-state index contributed by atoms with van der Waals surface area (Å²) in [7, 11) is 4.13. The van der Waals surface area contributed by atoms with Crippen LogP contribution in [0.3, 0.4) is 0 Å². The van der Waals surface area contributed by atoms with E-state index in [0.717, 1.165) is 71.1 Å². The molecule has 1 aliphatic rings. The van der Waals surface area contributed by atoms with E-state index in [2.05, 4.69) is 75.5 Å². The third-order valence-electron chi connectivity index (χ3n) is 6.23. The van der Waals surface area contributed by atoms with Crippen molar-refractivity contribution in [1.29, 1.82) is 0 Å². The topological polar surface area (TPSA) is 60.1 Å². The molecule has 5 rings (SSSR count). The van der Waals surface area contributed by atoms with Crippen LogP contribution in [0.15, 0.2) is 54.9 Å². The van der Waals surface area contributed by atoms with E-state index in [4.69, 9.17) is 4.98 Å².